The monoisotopic (exact) mass is 434 g/mol. The SMILES string of the molecule is COc1ccc(Nc2cc(-c3nnc(CCc4cccc(F)c4)o3)ccc2[N+](=O)[O-])cc1. The van der Waals surface area contributed by atoms with Gasteiger partial charge in [-0.3, -0.25) is 10.1 Å². The Kier molecular flexibility index (Phi) is 6.07. The summed E-state index contributed by atoms with van der Waals surface area (Å²) in [5.74, 6) is 1.02. The molecule has 8 nitrogen and oxygen atoms in total. The zero-order valence-corrected chi connectivity index (χ0v) is 17.1. The van der Waals surface area contributed by atoms with Crippen molar-refractivity contribution in [2.24, 2.45) is 0 Å². The Labute approximate surface area is 182 Å². The summed E-state index contributed by atoms with van der Waals surface area (Å²) >= 11 is 0. The maximum Gasteiger partial charge on any atom is 0.292 e. The van der Waals surface area contributed by atoms with Crippen molar-refractivity contribution in [2.45, 2.75) is 12.8 Å². The van der Waals surface area contributed by atoms with Crippen molar-refractivity contribution < 1.29 is 18.5 Å². The predicted octanol–water partition coefficient (Wildman–Crippen LogP) is 5.32. The summed E-state index contributed by atoms with van der Waals surface area (Å²) in [6.07, 6.45) is 0.990. The Morgan fingerprint density at radius 3 is 2.59 bits per heavy atom. The lowest BCUT2D eigenvalue weighted by Gasteiger charge is -2.09. The van der Waals surface area contributed by atoms with Crippen molar-refractivity contribution in [2.75, 3.05) is 12.4 Å². The number of nitro groups is 1. The number of aryl methyl sites for hydroxylation is 2. The Bertz CT molecular complexity index is 1240. The van der Waals surface area contributed by atoms with E-state index in [2.05, 4.69) is 15.5 Å². The number of anilines is 2. The molecule has 0 fully saturated rings. The Morgan fingerprint density at radius 1 is 1.06 bits per heavy atom. The van der Waals surface area contributed by atoms with Gasteiger partial charge in [0, 0.05) is 23.7 Å². The van der Waals surface area contributed by atoms with Crippen molar-refractivity contribution in [3.05, 3.63) is 94.1 Å². The number of hydrogen-bond acceptors (Lipinski definition) is 7. The van der Waals surface area contributed by atoms with Crippen LogP contribution in [0.5, 0.6) is 5.75 Å². The van der Waals surface area contributed by atoms with E-state index < -0.39 is 4.92 Å². The minimum atomic E-state index is -0.464. The zero-order valence-electron chi connectivity index (χ0n) is 17.1. The first-order valence-electron chi connectivity index (χ1n) is 9.78. The molecule has 0 unspecified atom stereocenters. The van der Waals surface area contributed by atoms with Crippen LogP contribution in [-0.4, -0.2) is 22.2 Å². The van der Waals surface area contributed by atoms with Gasteiger partial charge in [-0.2, -0.15) is 0 Å². The third-order valence-corrected chi connectivity index (χ3v) is 4.79. The van der Waals surface area contributed by atoms with Crippen LogP contribution in [0.1, 0.15) is 11.5 Å². The first-order valence-corrected chi connectivity index (χ1v) is 9.78. The lowest BCUT2D eigenvalue weighted by atomic mass is 10.1. The van der Waals surface area contributed by atoms with E-state index in [0.717, 1.165) is 5.56 Å². The van der Waals surface area contributed by atoms with E-state index >= 15 is 0 Å². The molecule has 32 heavy (non-hydrogen) atoms. The number of nitrogens with one attached hydrogen (secondary N) is 1. The largest absolute Gasteiger partial charge is 0.497 e. The zero-order chi connectivity index (χ0) is 22.5. The molecule has 0 radical (unpaired) electrons. The summed E-state index contributed by atoms with van der Waals surface area (Å²) in [4.78, 5) is 11.0. The molecule has 0 atom stereocenters. The predicted molar refractivity (Wildman–Crippen MR) is 116 cm³/mol. The van der Waals surface area contributed by atoms with E-state index in [9.17, 15) is 14.5 Å². The highest BCUT2D eigenvalue weighted by Gasteiger charge is 2.18. The van der Waals surface area contributed by atoms with Crippen molar-refractivity contribution in [3.8, 4) is 17.2 Å². The van der Waals surface area contributed by atoms with Crippen LogP contribution in [0.3, 0.4) is 0 Å². The van der Waals surface area contributed by atoms with Gasteiger partial charge in [0.1, 0.15) is 17.3 Å². The van der Waals surface area contributed by atoms with Crippen LogP contribution >= 0.6 is 0 Å². The molecule has 1 heterocycles. The number of nitrogens with zero attached hydrogens (tertiary/aromatic N) is 3. The summed E-state index contributed by atoms with van der Waals surface area (Å²) in [7, 11) is 1.56. The molecule has 0 spiro atoms. The quantitative estimate of drug-likeness (QED) is 0.296. The van der Waals surface area contributed by atoms with Crippen molar-refractivity contribution >= 4 is 17.1 Å². The fourth-order valence-corrected chi connectivity index (χ4v) is 3.17. The molecule has 0 aliphatic carbocycles. The van der Waals surface area contributed by atoms with Crippen LogP contribution < -0.4 is 10.1 Å². The highest BCUT2D eigenvalue weighted by Crippen LogP contribution is 2.32. The Hall–Kier alpha value is -4.27. The van der Waals surface area contributed by atoms with E-state index in [1.807, 2.05) is 6.07 Å². The van der Waals surface area contributed by atoms with Gasteiger partial charge in [-0.1, -0.05) is 12.1 Å². The normalized spacial score (nSPS) is 10.7. The lowest BCUT2D eigenvalue weighted by molar-refractivity contribution is -0.383. The number of benzene rings is 3. The van der Waals surface area contributed by atoms with Crippen LogP contribution in [0.15, 0.2) is 71.1 Å². The lowest BCUT2D eigenvalue weighted by Crippen LogP contribution is -1.97. The van der Waals surface area contributed by atoms with E-state index in [0.29, 0.717) is 35.7 Å². The second kappa shape index (κ2) is 9.25. The number of methoxy groups -OCH3 is 1. The number of aromatic nitrogens is 2. The van der Waals surface area contributed by atoms with E-state index in [-0.39, 0.29) is 23.1 Å². The minimum Gasteiger partial charge on any atom is -0.497 e. The fraction of sp³-hybridized carbons (Fsp3) is 0.130. The molecule has 4 aromatic rings. The number of halogens is 1. The van der Waals surface area contributed by atoms with Crippen LogP contribution in [0.2, 0.25) is 0 Å². The molecule has 0 bridgehead atoms. The molecule has 0 aliphatic rings. The van der Waals surface area contributed by atoms with Crippen molar-refractivity contribution in [3.63, 3.8) is 0 Å². The van der Waals surface area contributed by atoms with Gasteiger partial charge in [-0.25, -0.2) is 4.39 Å². The van der Waals surface area contributed by atoms with Crippen molar-refractivity contribution in [1.82, 2.24) is 10.2 Å². The minimum absolute atomic E-state index is 0.0876. The molecule has 162 valence electrons. The topological polar surface area (TPSA) is 103 Å². The fourth-order valence-electron chi connectivity index (χ4n) is 3.17. The maximum atomic E-state index is 13.3. The van der Waals surface area contributed by atoms with Crippen LogP contribution in [0, 0.1) is 15.9 Å². The second-order valence-electron chi connectivity index (χ2n) is 6.97. The van der Waals surface area contributed by atoms with E-state index in [1.165, 1.54) is 18.2 Å². The molecule has 9 heteroatoms. The molecule has 0 amide bonds. The van der Waals surface area contributed by atoms with E-state index in [1.54, 1.807) is 49.6 Å². The first kappa shape index (κ1) is 21.0. The summed E-state index contributed by atoms with van der Waals surface area (Å²) in [6, 6.07) is 17.9. The Balaban J connectivity index is 1.54. The molecular formula is C23H19FN4O4. The molecule has 0 saturated carbocycles. The third-order valence-electron chi connectivity index (χ3n) is 4.79. The standard InChI is InChI=1S/C23H19FN4O4/c1-31-19-9-7-18(8-10-19)25-20-14-16(6-11-21(20)28(29)30)23-27-26-22(32-23)12-5-15-3-2-4-17(24)13-15/h2-4,6-11,13-14,25H,5,12H2,1H3. The first-order chi connectivity index (χ1) is 15.5. The van der Waals surface area contributed by atoms with Crippen LogP contribution in [-0.2, 0) is 12.8 Å². The van der Waals surface area contributed by atoms with Gasteiger partial charge in [0.05, 0.1) is 12.0 Å². The van der Waals surface area contributed by atoms with Gasteiger partial charge in [-0.05, 0) is 60.5 Å². The van der Waals surface area contributed by atoms with Crippen LogP contribution in [0.4, 0.5) is 21.5 Å². The molecule has 3 aromatic carbocycles. The highest BCUT2D eigenvalue weighted by molar-refractivity contribution is 5.75. The average Bonchev–Trinajstić information content (AvgIpc) is 3.27. The highest BCUT2D eigenvalue weighted by atomic mass is 19.1. The number of rotatable bonds is 8. The smallest absolute Gasteiger partial charge is 0.292 e. The molecule has 1 N–H and O–H groups in total. The summed E-state index contributed by atoms with van der Waals surface area (Å²) in [5, 5.41) is 22.6. The van der Waals surface area contributed by atoms with Gasteiger partial charge >= 0.3 is 0 Å². The van der Waals surface area contributed by atoms with Gasteiger partial charge in [-0.15, -0.1) is 10.2 Å². The number of ether oxygens (including phenoxy) is 1. The molecule has 4 rings (SSSR count). The van der Waals surface area contributed by atoms with Gasteiger partial charge < -0.3 is 14.5 Å². The van der Waals surface area contributed by atoms with Gasteiger partial charge in [0.15, 0.2) is 0 Å². The molecule has 1 aromatic heterocycles. The number of hydrogen-bond donors (Lipinski definition) is 1. The molecule has 0 aliphatic heterocycles. The second-order valence-corrected chi connectivity index (χ2v) is 6.97. The van der Waals surface area contributed by atoms with E-state index in [4.69, 9.17) is 9.15 Å². The molecule has 0 saturated heterocycles. The molecular weight excluding hydrogens is 415 g/mol. The average molecular weight is 434 g/mol. The van der Waals surface area contributed by atoms with Crippen molar-refractivity contribution in [1.29, 1.82) is 0 Å². The summed E-state index contributed by atoms with van der Waals surface area (Å²) < 4.78 is 24.2. The maximum absolute atomic E-state index is 13.3. The summed E-state index contributed by atoms with van der Waals surface area (Å²) in [5.41, 5.74) is 2.22. The summed E-state index contributed by atoms with van der Waals surface area (Å²) in [6.45, 7) is 0. The third kappa shape index (κ3) is 4.89. The Morgan fingerprint density at radius 2 is 1.88 bits per heavy atom. The number of nitro benzene ring substituents is 1. The van der Waals surface area contributed by atoms with Gasteiger partial charge in [0.25, 0.3) is 5.69 Å². The van der Waals surface area contributed by atoms with Crippen LogP contribution in [0.25, 0.3) is 11.5 Å². The van der Waals surface area contributed by atoms with Gasteiger partial charge in [0.2, 0.25) is 11.8 Å².